The first-order valence-corrected chi connectivity index (χ1v) is 12.3. The van der Waals surface area contributed by atoms with E-state index in [1.807, 2.05) is 42.5 Å². The van der Waals surface area contributed by atoms with Crippen LogP contribution in [0.15, 0.2) is 48.5 Å². The number of nitrogens with zero attached hydrogens (tertiary/aromatic N) is 1. The Morgan fingerprint density at radius 1 is 1.12 bits per heavy atom. The molecule has 1 saturated carbocycles. The maximum Gasteiger partial charge on any atom is 0.247 e. The van der Waals surface area contributed by atoms with Crippen molar-refractivity contribution in [1.82, 2.24) is 10.2 Å². The zero-order valence-corrected chi connectivity index (χ0v) is 20.1. The molecular formula is C26H31ClN2O5. The van der Waals surface area contributed by atoms with Crippen molar-refractivity contribution in [3.8, 4) is 17.2 Å². The molecule has 2 aromatic carbocycles. The van der Waals surface area contributed by atoms with Crippen molar-refractivity contribution in [1.29, 1.82) is 0 Å². The first-order chi connectivity index (χ1) is 16.6. The minimum atomic E-state index is -0.871. The number of alkyl halides is 1. The minimum Gasteiger partial charge on any atom is -0.497 e. The summed E-state index contributed by atoms with van der Waals surface area (Å²) in [5.41, 5.74) is 0.656. The van der Waals surface area contributed by atoms with Crippen molar-refractivity contribution >= 4 is 23.4 Å². The van der Waals surface area contributed by atoms with Crippen LogP contribution in [0.1, 0.15) is 43.7 Å². The molecule has 1 aliphatic carbocycles. The highest BCUT2D eigenvalue weighted by Crippen LogP contribution is 2.33. The minimum absolute atomic E-state index is 0.100. The molecule has 0 unspecified atom stereocenters. The zero-order chi connectivity index (χ0) is 23.9. The molecule has 34 heavy (non-hydrogen) atoms. The number of amides is 2. The molecule has 0 saturated heterocycles. The lowest BCUT2D eigenvalue weighted by Crippen LogP contribution is -2.51. The zero-order valence-electron chi connectivity index (χ0n) is 19.4. The molecule has 7 nitrogen and oxygen atoms in total. The van der Waals surface area contributed by atoms with E-state index < -0.39 is 12.1 Å². The molecule has 2 aliphatic rings. The molecular weight excluding hydrogens is 456 g/mol. The standard InChI is InChI=1S/C26H31ClN2O5/c1-32-20-11-7-8-18(14-20)25(26(31)28-19-9-3-2-4-10-19)29(24(30)15-27)16-21-17-33-22-12-5-6-13-23(22)34-21/h5-8,11-14,19,21,25H,2-4,9-10,15-17H2,1H3,(H,28,31)/t21-,25-/m1/s1. The van der Waals surface area contributed by atoms with Crippen LogP contribution in [0.5, 0.6) is 17.2 Å². The number of nitrogens with one attached hydrogen (secondary N) is 1. The van der Waals surface area contributed by atoms with Gasteiger partial charge >= 0.3 is 0 Å². The fourth-order valence-electron chi connectivity index (χ4n) is 4.61. The number of carbonyl (C=O) groups is 2. The first-order valence-electron chi connectivity index (χ1n) is 11.8. The Bertz CT molecular complexity index is 995. The van der Waals surface area contributed by atoms with Crippen molar-refractivity contribution in [2.45, 2.75) is 50.3 Å². The van der Waals surface area contributed by atoms with E-state index in [0.29, 0.717) is 22.8 Å². The summed E-state index contributed by atoms with van der Waals surface area (Å²) >= 11 is 6.01. The van der Waals surface area contributed by atoms with Crippen molar-refractivity contribution in [2.24, 2.45) is 0 Å². The van der Waals surface area contributed by atoms with Gasteiger partial charge in [-0.05, 0) is 42.7 Å². The molecule has 182 valence electrons. The third-order valence-electron chi connectivity index (χ3n) is 6.32. The van der Waals surface area contributed by atoms with E-state index in [4.69, 9.17) is 25.8 Å². The number of methoxy groups -OCH3 is 1. The summed E-state index contributed by atoms with van der Waals surface area (Å²) in [4.78, 5) is 28.2. The topological polar surface area (TPSA) is 77.1 Å². The molecule has 2 aromatic rings. The van der Waals surface area contributed by atoms with Gasteiger partial charge in [0, 0.05) is 6.04 Å². The average Bonchev–Trinajstić information content (AvgIpc) is 2.88. The summed E-state index contributed by atoms with van der Waals surface area (Å²) < 4.78 is 17.3. The van der Waals surface area contributed by atoms with Gasteiger partial charge in [-0.2, -0.15) is 0 Å². The molecule has 4 rings (SSSR count). The van der Waals surface area contributed by atoms with Gasteiger partial charge in [0.1, 0.15) is 24.3 Å². The molecule has 0 spiro atoms. The second kappa shape index (κ2) is 11.5. The van der Waals surface area contributed by atoms with Crippen LogP contribution in [-0.4, -0.2) is 55.0 Å². The van der Waals surface area contributed by atoms with Crippen LogP contribution in [0.2, 0.25) is 0 Å². The second-order valence-corrected chi connectivity index (χ2v) is 8.97. The van der Waals surface area contributed by atoms with Crippen molar-refractivity contribution < 1.29 is 23.8 Å². The molecule has 0 aromatic heterocycles. The summed E-state index contributed by atoms with van der Waals surface area (Å²) in [5, 5.41) is 3.18. The monoisotopic (exact) mass is 486 g/mol. The number of rotatable bonds is 8. The lowest BCUT2D eigenvalue weighted by Gasteiger charge is -2.36. The Morgan fingerprint density at radius 2 is 1.88 bits per heavy atom. The van der Waals surface area contributed by atoms with Gasteiger partial charge in [-0.25, -0.2) is 0 Å². The second-order valence-electron chi connectivity index (χ2n) is 8.70. The Morgan fingerprint density at radius 3 is 2.62 bits per heavy atom. The molecule has 0 bridgehead atoms. The predicted octanol–water partition coefficient (Wildman–Crippen LogP) is 4.09. The fourth-order valence-corrected chi connectivity index (χ4v) is 4.77. The molecule has 1 N–H and O–H groups in total. The van der Waals surface area contributed by atoms with Crippen LogP contribution in [-0.2, 0) is 9.59 Å². The quantitative estimate of drug-likeness (QED) is 0.569. The van der Waals surface area contributed by atoms with Gasteiger partial charge in [-0.3, -0.25) is 9.59 Å². The number of fused-ring (bicyclic) bond motifs is 1. The number of hydrogen-bond donors (Lipinski definition) is 1. The third-order valence-corrected chi connectivity index (χ3v) is 6.55. The van der Waals surface area contributed by atoms with Gasteiger partial charge in [-0.1, -0.05) is 43.5 Å². The van der Waals surface area contributed by atoms with E-state index >= 15 is 0 Å². The summed E-state index contributed by atoms with van der Waals surface area (Å²) in [5.74, 6) is 1.06. The normalized spacial score (nSPS) is 18.6. The van der Waals surface area contributed by atoms with Gasteiger partial charge < -0.3 is 24.4 Å². The lowest BCUT2D eigenvalue weighted by atomic mass is 9.94. The highest BCUT2D eigenvalue weighted by atomic mass is 35.5. The Hall–Kier alpha value is -2.93. The van der Waals surface area contributed by atoms with E-state index in [2.05, 4.69) is 5.32 Å². The maximum absolute atomic E-state index is 13.7. The molecule has 0 radical (unpaired) electrons. The maximum atomic E-state index is 13.7. The predicted molar refractivity (Wildman–Crippen MR) is 130 cm³/mol. The lowest BCUT2D eigenvalue weighted by molar-refractivity contribution is -0.141. The smallest absolute Gasteiger partial charge is 0.247 e. The van der Waals surface area contributed by atoms with E-state index in [1.165, 1.54) is 11.3 Å². The van der Waals surface area contributed by atoms with Crippen LogP contribution in [0, 0.1) is 0 Å². The number of carbonyl (C=O) groups excluding carboxylic acids is 2. The number of ether oxygens (including phenoxy) is 3. The van der Waals surface area contributed by atoms with Crippen molar-refractivity contribution in [3.63, 3.8) is 0 Å². The van der Waals surface area contributed by atoms with Gasteiger partial charge in [0.2, 0.25) is 11.8 Å². The third kappa shape index (κ3) is 5.76. The summed E-state index contributed by atoms with van der Waals surface area (Å²) in [6.07, 6.45) is 4.80. The summed E-state index contributed by atoms with van der Waals surface area (Å²) in [6, 6.07) is 13.9. The van der Waals surface area contributed by atoms with Gasteiger partial charge in [0.05, 0.1) is 13.7 Å². The van der Waals surface area contributed by atoms with Crippen LogP contribution in [0.3, 0.4) is 0 Å². The average molecular weight is 487 g/mol. The van der Waals surface area contributed by atoms with Crippen LogP contribution >= 0.6 is 11.6 Å². The Kier molecular flexibility index (Phi) is 8.16. The highest BCUT2D eigenvalue weighted by Gasteiger charge is 2.35. The molecule has 2 amide bonds. The number of para-hydroxylation sites is 2. The number of hydrogen-bond acceptors (Lipinski definition) is 5. The molecule has 8 heteroatoms. The van der Waals surface area contributed by atoms with Gasteiger partial charge in [0.25, 0.3) is 0 Å². The largest absolute Gasteiger partial charge is 0.497 e. The Balaban J connectivity index is 1.62. The molecule has 1 heterocycles. The SMILES string of the molecule is COc1cccc([C@H](C(=O)NC2CCCCC2)N(C[C@@H]2COc3ccccc3O2)C(=O)CCl)c1. The van der Waals surface area contributed by atoms with E-state index in [-0.39, 0.29) is 36.9 Å². The molecule has 1 fully saturated rings. The number of halogens is 1. The van der Waals surface area contributed by atoms with E-state index in [0.717, 1.165) is 25.7 Å². The summed E-state index contributed by atoms with van der Waals surface area (Å²) in [6.45, 7) is 0.415. The molecule has 2 atom stereocenters. The van der Waals surface area contributed by atoms with Crippen molar-refractivity contribution in [3.05, 3.63) is 54.1 Å². The van der Waals surface area contributed by atoms with Gasteiger partial charge in [-0.15, -0.1) is 11.6 Å². The van der Waals surface area contributed by atoms with Crippen LogP contribution in [0.25, 0.3) is 0 Å². The van der Waals surface area contributed by atoms with E-state index in [1.54, 1.807) is 13.2 Å². The fraction of sp³-hybridized carbons (Fsp3) is 0.462. The van der Waals surface area contributed by atoms with Gasteiger partial charge in [0.15, 0.2) is 17.6 Å². The Labute approximate surface area is 205 Å². The molecule has 1 aliphatic heterocycles. The number of benzene rings is 2. The summed E-state index contributed by atoms with van der Waals surface area (Å²) in [7, 11) is 1.57. The van der Waals surface area contributed by atoms with Crippen molar-refractivity contribution in [2.75, 3.05) is 26.1 Å². The van der Waals surface area contributed by atoms with E-state index in [9.17, 15) is 9.59 Å². The van der Waals surface area contributed by atoms with Crippen LogP contribution < -0.4 is 19.5 Å². The first kappa shape index (κ1) is 24.2. The highest BCUT2D eigenvalue weighted by molar-refractivity contribution is 6.27. The van der Waals surface area contributed by atoms with Crippen LogP contribution in [0.4, 0.5) is 0 Å².